The Hall–Kier alpha value is -0.590. The van der Waals surface area contributed by atoms with Crippen LogP contribution in [-0.4, -0.2) is 20.9 Å². The maximum absolute atomic E-state index is 10.7. The van der Waals surface area contributed by atoms with Crippen molar-refractivity contribution >= 4 is 28.6 Å². The summed E-state index contributed by atoms with van der Waals surface area (Å²) in [5.74, 6) is -0.312. The van der Waals surface area contributed by atoms with E-state index in [0.717, 1.165) is 13.0 Å². The molecule has 0 fully saturated rings. The van der Waals surface area contributed by atoms with Crippen LogP contribution in [-0.2, 0) is 6.54 Å². The van der Waals surface area contributed by atoms with Crippen molar-refractivity contribution in [2.45, 2.75) is 26.8 Å². The Morgan fingerprint density at radius 2 is 2.36 bits per heavy atom. The van der Waals surface area contributed by atoms with Crippen molar-refractivity contribution in [3.05, 3.63) is 15.5 Å². The van der Waals surface area contributed by atoms with Crippen molar-refractivity contribution in [1.82, 2.24) is 9.78 Å². The highest BCUT2D eigenvalue weighted by Gasteiger charge is 2.13. The summed E-state index contributed by atoms with van der Waals surface area (Å²) in [6.07, 6.45) is 2.42. The lowest BCUT2D eigenvalue weighted by molar-refractivity contribution is 0.0695. The molecule has 0 atom stereocenters. The van der Waals surface area contributed by atoms with Crippen LogP contribution in [0.2, 0.25) is 0 Å². The molecule has 0 aliphatic heterocycles. The second-order valence-corrected chi connectivity index (χ2v) is 4.58. The Morgan fingerprint density at radius 3 is 2.79 bits per heavy atom. The Balaban J connectivity index is 2.74. The number of rotatable bonds is 4. The largest absolute Gasteiger partial charge is 0.478 e. The molecule has 1 aromatic heterocycles. The molecule has 0 aliphatic carbocycles. The van der Waals surface area contributed by atoms with E-state index in [1.54, 1.807) is 4.68 Å². The molecule has 1 heterocycles. The summed E-state index contributed by atoms with van der Waals surface area (Å²) in [7, 11) is 0. The monoisotopic (exact) mass is 308 g/mol. The lowest BCUT2D eigenvalue weighted by Crippen LogP contribution is -2.06. The number of carboxylic acids is 1. The SMILES string of the molecule is CC(C)CCn1ncc(C(=O)O)c1I. The molecule has 0 saturated heterocycles. The molecular weight excluding hydrogens is 295 g/mol. The lowest BCUT2D eigenvalue weighted by Gasteiger charge is -2.05. The van der Waals surface area contributed by atoms with Gasteiger partial charge in [0.15, 0.2) is 0 Å². The predicted molar refractivity (Wildman–Crippen MR) is 61.4 cm³/mol. The summed E-state index contributed by atoms with van der Waals surface area (Å²) in [5, 5.41) is 12.8. The average molecular weight is 308 g/mol. The molecule has 0 spiro atoms. The second-order valence-electron chi connectivity index (χ2n) is 3.56. The van der Waals surface area contributed by atoms with Crippen molar-refractivity contribution in [3.63, 3.8) is 0 Å². The standard InChI is InChI=1S/C9H13IN2O2/c1-6(2)3-4-12-8(10)7(5-11-12)9(13)14/h5-6H,3-4H2,1-2H3,(H,13,14). The lowest BCUT2D eigenvalue weighted by atomic mass is 10.1. The number of carbonyl (C=O) groups is 1. The van der Waals surface area contributed by atoms with Crippen LogP contribution in [0, 0.1) is 9.62 Å². The molecule has 78 valence electrons. The molecule has 0 radical (unpaired) electrons. The van der Waals surface area contributed by atoms with Gasteiger partial charge >= 0.3 is 5.97 Å². The first kappa shape index (κ1) is 11.5. The van der Waals surface area contributed by atoms with Gasteiger partial charge in [0, 0.05) is 6.54 Å². The number of nitrogens with zero attached hydrogens (tertiary/aromatic N) is 2. The fraction of sp³-hybridized carbons (Fsp3) is 0.556. The third-order valence-electron chi connectivity index (χ3n) is 1.92. The zero-order valence-electron chi connectivity index (χ0n) is 8.20. The maximum atomic E-state index is 10.7. The van der Waals surface area contributed by atoms with Gasteiger partial charge in [0.05, 0.1) is 6.20 Å². The van der Waals surface area contributed by atoms with Crippen LogP contribution in [0.15, 0.2) is 6.20 Å². The fourth-order valence-corrected chi connectivity index (χ4v) is 1.79. The molecule has 1 rings (SSSR count). The third kappa shape index (κ3) is 2.70. The van der Waals surface area contributed by atoms with Crippen LogP contribution in [0.25, 0.3) is 0 Å². The van der Waals surface area contributed by atoms with E-state index in [1.165, 1.54) is 6.20 Å². The summed E-state index contributed by atoms with van der Waals surface area (Å²) in [6, 6.07) is 0. The smallest absolute Gasteiger partial charge is 0.340 e. The molecule has 0 bridgehead atoms. The molecule has 14 heavy (non-hydrogen) atoms. The Labute approximate surface area is 96.4 Å². The quantitative estimate of drug-likeness (QED) is 0.868. The number of aromatic carboxylic acids is 1. The molecule has 0 unspecified atom stereocenters. The average Bonchev–Trinajstić information content (AvgIpc) is 2.43. The highest BCUT2D eigenvalue weighted by molar-refractivity contribution is 14.1. The second kappa shape index (κ2) is 4.77. The van der Waals surface area contributed by atoms with E-state index >= 15 is 0 Å². The van der Waals surface area contributed by atoms with Gasteiger partial charge in [-0.2, -0.15) is 5.10 Å². The van der Waals surface area contributed by atoms with E-state index in [2.05, 4.69) is 18.9 Å². The van der Waals surface area contributed by atoms with Gasteiger partial charge in [-0.1, -0.05) is 13.8 Å². The topological polar surface area (TPSA) is 55.1 Å². The number of aromatic nitrogens is 2. The third-order valence-corrected chi connectivity index (χ3v) is 3.06. The van der Waals surface area contributed by atoms with Gasteiger partial charge in [0.1, 0.15) is 9.26 Å². The number of carboxylic acid groups (broad SMARTS) is 1. The first-order valence-corrected chi connectivity index (χ1v) is 5.55. The Kier molecular flexibility index (Phi) is 3.91. The van der Waals surface area contributed by atoms with E-state index < -0.39 is 5.97 Å². The molecule has 1 N–H and O–H groups in total. The van der Waals surface area contributed by atoms with Crippen LogP contribution in [0.4, 0.5) is 0 Å². The molecular formula is C9H13IN2O2. The van der Waals surface area contributed by atoms with Gasteiger partial charge < -0.3 is 5.11 Å². The first-order chi connectivity index (χ1) is 6.52. The van der Waals surface area contributed by atoms with Crippen LogP contribution < -0.4 is 0 Å². The summed E-state index contributed by atoms with van der Waals surface area (Å²) >= 11 is 2.02. The fourth-order valence-electron chi connectivity index (χ4n) is 1.05. The number of hydrogen-bond acceptors (Lipinski definition) is 2. The van der Waals surface area contributed by atoms with Gasteiger partial charge in [-0.05, 0) is 34.9 Å². The van der Waals surface area contributed by atoms with Crippen LogP contribution in [0.1, 0.15) is 30.6 Å². The van der Waals surface area contributed by atoms with Crippen molar-refractivity contribution in [1.29, 1.82) is 0 Å². The number of halogens is 1. The van der Waals surface area contributed by atoms with E-state index in [-0.39, 0.29) is 5.56 Å². The normalized spacial score (nSPS) is 10.9. The van der Waals surface area contributed by atoms with Crippen molar-refractivity contribution in [2.24, 2.45) is 5.92 Å². The molecule has 0 aromatic carbocycles. The van der Waals surface area contributed by atoms with Crippen LogP contribution in [0.5, 0.6) is 0 Å². The Morgan fingerprint density at radius 1 is 1.71 bits per heavy atom. The molecule has 1 aromatic rings. The van der Waals surface area contributed by atoms with Crippen molar-refractivity contribution in [2.75, 3.05) is 0 Å². The van der Waals surface area contributed by atoms with Gasteiger partial charge in [-0.3, -0.25) is 4.68 Å². The summed E-state index contributed by atoms with van der Waals surface area (Å²) in [6.45, 7) is 5.05. The minimum absolute atomic E-state index is 0.286. The highest BCUT2D eigenvalue weighted by atomic mass is 127. The van der Waals surface area contributed by atoms with Crippen LogP contribution in [0.3, 0.4) is 0 Å². The minimum atomic E-state index is -0.912. The molecule has 0 amide bonds. The molecule has 0 aliphatic rings. The predicted octanol–water partition coefficient (Wildman–Crippen LogP) is 2.23. The van der Waals surface area contributed by atoms with Crippen molar-refractivity contribution < 1.29 is 9.90 Å². The zero-order valence-corrected chi connectivity index (χ0v) is 10.4. The van der Waals surface area contributed by atoms with Gasteiger partial charge in [0.25, 0.3) is 0 Å². The number of aryl methyl sites for hydroxylation is 1. The summed E-state index contributed by atoms with van der Waals surface area (Å²) in [4.78, 5) is 10.7. The first-order valence-electron chi connectivity index (χ1n) is 4.47. The summed E-state index contributed by atoms with van der Waals surface area (Å²) < 4.78 is 2.44. The van der Waals surface area contributed by atoms with E-state index in [0.29, 0.717) is 9.62 Å². The van der Waals surface area contributed by atoms with E-state index in [1.807, 2.05) is 22.6 Å². The van der Waals surface area contributed by atoms with E-state index in [4.69, 9.17) is 5.11 Å². The highest BCUT2D eigenvalue weighted by Crippen LogP contribution is 2.13. The molecule has 4 nitrogen and oxygen atoms in total. The van der Waals surface area contributed by atoms with Gasteiger partial charge in [-0.15, -0.1) is 0 Å². The van der Waals surface area contributed by atoms with Gasteiger partial charge in [-0.25, -0.2) is 4.79 Å². The Bertz CT molecular complexity index is 334. The summed E-state index contributed by atoms with van der Waals surface area (Å²) in [5.41, 5.74) is 0.286. The van der Waals surface area contributed by atoms with Crippen molar-refractivity contribution in [3.8, 4) is 0 Å². The molecule has 0 saturated carbocycles. The zero-order chi connectivity index (χ0) is 10.7. The minimum Gasteiger partial charge on any atom is -0.478 e. The molecule has 5 heteroatoms. The van der Waals surface area contributed by atoms with Crippen LogP contribution >= 0.6 is 22.6 Å². The number of hydrogen-bond donors (Lipinski definition) is 1. The van der Waals surface area contributed by atoms with E-state index in [9.17, 15) is 4.79 Å². The maximum Gasteiger partial charge on any atom is 0.340 e. The van der Waals surface area contributed by atoms with Gasteiger partial charge in [0.2, 0.25) is 0 Å².